The van der Waals surface area contributed by atoms with E-state index in [2.05, 4.69) is 41.3 Å². The molecule has 0 aromatic heterocycles. The van der Waals surface area contributed by atoms with Gasteiger partial charge >= 0.3 is 0 Å². The second-order valence-corrected chi connectivity index (χ2v) is 5.64. The Morgan fingerprint density at radius 2 is 2.00 bits per heavy atom. The summed E-state index contributed by atoms with van der Waals surface area (Å²) in [5.74, 6) is 0.927. The molecular weight excluding hydrogens is 379 g/mol. The molecule has 1 atom stereocenters. The van der Waals surface area contributed by atoms with Crippen LogP contribution in [0, 0.1) is 0 Å². The van der Waals surface area contributed by atoms with Crippen molar-refractivity contribution in [3.63, 3.8) is 0 Å². The van der Waals surface area contributed by atoms with E-state index in [0.717, 1.165) is 64.4 Å². The van der Waals surface area contributed by atoms with E-state index in [9.17, 15) is 5.11 Å². The fourth-order valence-electron chi connectivity index (χ4n) is 2.28. The Morgan fingerprint density at radius 1 is 1.33 bits per heavy atom. The van der Waals surface area contributed by atoms with Gasteiger partial charge in [-0.25, -0.2) is 0 Å². The zero-order chi connectivity index (χ0) is 14.8. The number of hydrogen-bond acceptors (Lipinski definition) is 3. The van der Waals surface area contributed by atoms with E-state index in [0.29, 0.717) is 6.04 Å². The largest absolute Gasteiger partial charge is 0.393 e. The molecule has 6 heteroatoms. The molecule has 1 aliphatic rings. The fourth-order valence-corrected chi connectivity index (χ4v) is 2.28. The van der Waals surface area contributed by atoms with Crippen molar-refractivity contribution in [2.45, 2.75) is 58.6 Å². The monoisotopic (exact) mass is 412 g/mol. The lowest BCUT2D eigenvalue weighted by Crippen LogP contribution is -2.42. The molecule has 0 aromatic rings. The summed E-state index contributed by atoms with van der Waals surface area (Å²) >= 11 is 0. The topological polar surface area (TPSA) is 59.9 Å². The van der Waals surface area contributed by atoms with Crippen LogP contribution >= 0.6 is 24.0 Å². The summed E-state index contributed by atoms with van der Waals surface area (Å²) in [6, 6.07) is 0.455. The number of guanidine groups is 1. The van der Waals surface area contributed by atoms with Gasteiger partial charge in [-0.3, -0.25) is 4.99 Å². The highest BCUT2D eigenvalue weighted by atomic mass is 127. The molecule has 126 valence electrons. The standard InChI is InChI=1S/C15H32N4O.HI/c1-4-13(3)18-15(16-5-2)17-9-6-10-19-11-7-14(20)8-12-19;/h13-14,20H,4-12H2,1-3H3,(H2,16,17,18);1H. The molecule has 0 saturated carbocycles. The summed E-state index contributed by atoms with van der Waals surface area (Å²) in [5, 5.41) is 16.2. The van der Waals surface area contributed by atoms with Gasteiger partial charge in [0.1, 0.15) is 0 Å². The molecule has 0 aromatic carbocycles. The smallest absolute Gasteiger partial charge is 0.191 e. The third-order valence-corrected chi connectivity index (χ3v) is 3.80. The third kappa shape index (κ3) is 9.52. The number of aliphatic hydroxyl groups is 1. The van der Waals surface area contributed by atoms with Gasteiger partial charge in [0.2, 0.25) is 0 Å². The van der Waals surface area contributed by atoms with Crippen molar-refractivity contribution in [3.8, 4) is 0 Å². The normalized spacial score (nSPS) is 19.0. The first-order valence-corrected chi connectivity index (χ1v) is 8.11. The summed E-state index contributed by atoms with van der Waals surface area (Å²) in [5.41, 5.74) is 0. The quantitative estimate of drug-likeness (QED) is 0.258. The molecule has 5 nitrogen and oxygen atoms in total. The molecule has 0 aliphatic carbocycles. The third-order valence-electron chi connectivity index (χ3n) is 3.80. The first-order chi connectivity index (χ1) is 9.65. The van der Waals surface area contributed by atoms with Crippen molar-refractivity contribution in [2.75, 3.05) is 32.7 Å². The molecular formula is C15H33IN4O. The molecule has 0 spiro atoms. The molecule has 0 radical (unpaired) electrons. The maximum atomic E-state index is 9.47. The summed E-state index contributed by atoms with van der Waals surface area (Å²) in [7, 11) is 0. The van der Waals surface area contributed by atoms with E-state index in [1.807, 2.05) is 0 Å². The second-order valence-electron chi connectivity index (χ2n) is 5.64. The molecule has 0 bridgehead atoms. The Morgan fingerprint density at radius 3 is 2.57 bits per heavy atom. The van der Waals surface area contributed by atoms with Gasteiger partial charge < -0.3 is 20.6 Å². The van der Waals surface area contributed by atoms with Gasteiger partial charge in [0, 0.05) is 32.2 Å². The zero-order valence-electron chi connectivity index (χ0n) is 13.8. The average molecular weight is 412 g/mol. The van der Waals surface area contributed by atoms with Crippen LogP contribution in [0.3, 0.4) is 0 Å². The van der Waals surface area contributed by atoms with Crippen LogP contribution in [0.1, 0.15) is 46.5 Å². The van der Waals surface area contributed by atoms with Gasteiger partial charge in [-0.2, -0.15) is 0 Å². The molecule has 1 fully saturated rings. The number of aliphatic imine (C=N–C) groups is 1. The van der Waals surface area contributed by atoms with Crippen LogP contribution in [0.2, 0.25) is 0 Å². The summed E-state index contributed by atoms with van der Waals surface area (Å²) in [4.78, 5) is 7.05. The summed E-state index contributed by atoms with van der Waals surface area (Å²) in [6.45, 7) is 11.3. The van der Waals surface area contributed by atoms with E-state index in [1.165, 1.54) is 0 Å². The van der Waals surface area contributed by atoms with Crippen LogP contribution < -0.4 is 10.6 Å². The Balaban J connectivity index is 0.00000400. The minimum absolute atomic E-state index is 0. The van der Waals surface area contributed by atoms with E-state index >= 15 is 0 Å². The number of halogens is 1. The number of piperidine rings is 1. The lowest BCUT2D eigenvalue weighted by molar-refractivity contribution is 0.0824. The lowest BCUT2D eigenvalue weighted by atomic mass is 10.1. The van der Waals surface area contributed by atoms with Gasteiger partial charge in [0.15, 0.2) is 5.96 Å². The van der Waals surface area contributed by atoms with Crippen LogP contribution in [0.25, 0.3) is 0 Å². The molecule has 0 amide bonds. The molecule has 1 aliphatic heterocycles. The number of aliphatic hydroxyl groups excluding tert-OH is 1. The summed E-state index contributed by atoms with van der Waals surface area (Å²) in [6.07, 6.45) is 3.93. The molecule has 1 rings (SSSR count). The second kappa shape index (κ2) is 12.5. The number of nitrogens with one attached hydrogen (secondary N) is 2. The zero-order valence-corrected chi connectivity index (χ0v) is 16.1. The Bertz CT molecular complexity index is 281. The van der Waals surface area contributed by atoms with Crippen molar-refractivity contribution < 1.29 is 5.11 Å². The number of nitrogens with zero attached hydrogens (tertiary/aromatic N) is 2. The SMILES string of the molecule is CCNC(=NCCCN1CCC(O)CC1)NC(C)CC.I. The minimum atomic E-state index is -0.0793. The molecule has 1 heterocycles. The highest BCUT2D eigenvalue weighted by molar-refractivity contribution is 14.0. The molecule has 21 heavy (non-hydrogen) atoms. The maximum Gasteiger partial charge on any atom is 0.191 e. The first-order valence-electron chi connectivity index (χ1n) is 8.11. The van der Waals surface area contributed by atoms with Crippen molar-refractivity contribution in [2.24, 2.45) is 4.99 Å². The van der Waals surface area contributed by atoms with E-state index < -0.39 is 0 Å². The van der Waals surface area contributed by atoms with Crippen LogP contribution in [-0.2, 0) is 0 Å². The average Bonchev–Trinajstić information content (AvgIpc) is 2.45. The van der Waals surface area contributed by atoms with E-state index in [-0.39, 0.29) is 30.1 Å². The van der Waals surface area contributed by atoms with Crippen molar-refractivity contribution >= 4 is 29.9 Å². The predicted molar refractivity (Wildman–Crippen MR) is 101 cm³/mol. The van der Waals surface area contributed by atoms with Crippen molar-refractivity contribution in [3.05, 3.63) is 0 Å². The van der Waals surface area contributed by atoms with Gasteiger partial charge in [-0.05, 0) is 46.1 Å². The van der Waals surface area contributed by atoms with Crippen molar-refractivity contribution in [1.82, 2.24) is 15.5 Å². The lowest BCUT2D eigenvalue weighted by Gasteiger charge is -2.29. The van der Waals surface area contributed by atoms with Gasteiger partial charge in [-0.15, -0.1) is 24.0 Å². The highest BCUT2D eigenvalue weighted by Gasteiger charge is 2.15. The van der Waals surface area contributed by atoms with E-state index in [4.69, 9.17) is 0 Å². The minimum Gasteiger partial charge on any atom is -0.393 e. The number of rotatable bonds is 7. The van der Waals surface area contributed by atoms with E-state index in [1.54, 1.807) is 0 Å². The fraction of sp³-hybridized carbons (Fsp3) is 0.933. The molecule has 3 N–H and O–H groups in total. The van der Waals surface area contributed by atoms with Crippen molar-refractivity contribution in [1.29, 1.82) is 0 Å². The molecule has 1 saturated heterocycles. The maximum absolute atomic E-state index is 9.47. The predicted octanol–water partition coefficient (Wildman–Crippen LogP) is 1.80. The van der Waals surface area contributed by atoms with Crippen LogP contribution in [-0.4, -0.2) is 60.8 Å². The number of hydrogen-bond donors (Lipinski definition) is 3. The van der Waals surface area contributed by atoms with Crippen LogP contribution in [0.4, 0.5) is 0 Å². The van der Waals surface area contributed by atoms with Crippen LogP contribution in [0.5, 0.6) is 0 Å². The van der Waals surface area contributed by atoms with Crippen LogP contribution in [0.15, 0.2) is 4.99 Å². The Labute approximate surface area is 147 Å². The Kier molecular flexibility index (Phi) is 12.4. The van der Waals surface area contributed by atoms with Gasteiger partial charge in [0.25, 0.3) is 0 Å². The van der Waals surface area contributed by atoms with Gasteiger partial charge in [-0.1, -0.05) is 6.92 Å². The highest BCUT2D eigenvalue weighted by Crippen LogP contribution is 2.09. The molecule has 1 unspecified atom stereocenters. The summed E-state index contributed by atoms with van der Waals surface area (Å²) < 4.78 is 0. The first kappa shape index (κ1) is 20.9. The van der Waals surface area contributed by atoms with Gasteiger partial charge in [0.05, 0.1) is 6.10 Å². The number of likely N-dealkylation sites (tertiary alicyclic amines) is 1. The Hall–Kier alpha value is -0.0800.